The summed E-state index contributed by atoms with van der Waals surface area (Å²) in [5.41, 5.74) is 0.995. The Kier molecular flexibility index (Phi) is 7.00. The number of methoxy groups -OCH3 is 1. The van der Waals surface area contributed by atoms with E-state index in [1.807, 2.05) is 20.8 Å². The van der Waals surface area contributed by atoms with Crippen molar-refractivity contribution < 1.29 is 22.7 Å². The first kappa shape index (κ1) is 21.4. The largest absolute Gasteiger partial charge is 0.467 e. The van der Waals surface area contributed by atoms with Gasteiger partial charge in [-0.25, -0.2) is 13.2 Å². The second-order valence-corrected chi connectivity index (χ2v) is 9.18. The van der Waals surface area contributed by atoms with E-state index < -0.39 is 22.0 Å². The second-order valence-electron chi connectivity index (χ2n) is 7.24. The molecule has 1 aromatic carbocycles. The van der Waals surface area contributed by atoms with Gasteiger partial charge in [0.25, 0.3) is 0 Å². The number of rotatable bonds is 6. The molecule has 1 aliphatic heterocycles. The summed E-state index contributed by atoms with van der Waals surface area (Å²) in [6, 6.07) is 6.05. The SMILES string of the molecule is COC(=O)[C@H](NC(=O)C1CCN(S(=O)(=O)c2ccc(C)cc2)CC1)C(C)C. The first-order valence-electron chi connectivity index (χ1n) is 9.12. The molecule has 0 bridgehead atoms. The van der Waals surface area contributed by atoms with Crippen molar-refractivity contribution in [3.63, 3.8) is 0 Å². The maximum absolute atomic E-state index is 12.7. The van der Waals surface area contributed by atoms with Crippen LogP contribution in [0.2, 0.25) is 0 Å². The number of carbonyl (C=O) groups excluding carboxylic acids is 2. The molecule has 1 fully saturated rings. The van der Waals surface area contributed by atoms with Crippen molar-refractivity contribution in [3.8, 4) is 0 Å². The van der Waals surface area contributed by atoms with Crippen LogP contribution in [0.5, 0.6) is 0 Å². The molecule has 27 heavy (non-hydrogen) atoms. The molecule has 0 aromatic heterocycles. The molecule has 2 rings (SSSR count). The standard InChI is InChI=1S/C19H28N2O5S/c1-13(2)17(19(23)26-4)20-18(22)15-9-11-21(12-10-15)27(24,25)16-7-5-14(3)6-8-16/h5-8,13,15,17H,9-12H2,1-4H3,(H,20,22)/t17-/m1/s1. The Bertz CT molecular complexity index is 766. The predicted molar refractivity (Wildman–Crippen MR) is 101 cm³/mol. The van der Waals surface area contributed by atoms with Crippen LogP contribution >= 0.6 is 0 Å². The minimum atomic E-state index is -3.55. The van der Waals surface area contributed by atoms with E-state index in [9.17, 15) is 18.0 Å². The van der Waals surface area contributed by atoms with Gasteiger partial charge in [-0.05, 0) is 37.8 Å². The van der Waals surface area contributed by atoms with Gasteiger partial charge >= 0.3 is 5.97 Å². The van der Waals surface area contributed by atoms with Gasteiger partial charge in [-0.3, -0.25) is 4.79 Å². The summed E-state index contributed by atoms with van der Waals surface area (Å²) in [4.78, 5) is 24.6. The van der Waals surface area contributed by atoms with Crippen LogP contribution in [0.1, 0.15) is 32.3 Å². The highest BCUT2D eigenvalue weighted by atomic mass is 32.2. The number of nitrogens with one attached hydrogen (secondary N) is 1. The number of amides is 1. The third-order valence-corrected chi connectivity index (χ3v) is 6.82. The normalized spacial score (nSPS) is 17.5. The zero-order valence-corrected chi connectivity index (χ0v) is 17.1. The molecule has 1 atom stereocenters. The van der Waals surface area contributed by atoms with E-state index in [2.05, 4.69) is 5.32 Å². The number of hydrogen-bond acceptors (Lipinski definition) is 5. The van der Waals surface area contributed by atoms with Crippen molar-refractivity contribution in [1.82, 2.24) is 9.62 Å². The summed E-state index contributed by atoms with van der Waals surface area (Å²) in [7, 11) is -2.26. The molecule has 1 saturated heterocycles. The molecule has 1 aromatic rings. The van der Waals surface area contributed by atoms with Gasteiger partial charge in [0.05, 0.1) is 12.0 Å². The summed E-state index contributed by atoms with van der Waals surface area (Å²) in [5, 5.41) is 2.75. The second kappa shape index (κ2) is 8.84. The van der Waals surface area contributed by atoms with Gasteiger partial charge in [0.2, 0.25) is 15.9 Å². The lowest BCUT2D eigenvalue weighted by Gasteiger charge is -2.31. The molecular formula is C19H28N2O5S. The van der Waals surface area contributed by atoms with E-state index in [4.69, 9.17) is 4.74 Å². The number of piperidine rings is 1. The van der Waals surface area contributed by atoms with Gasteiger partial charge in [0.15, 0.2) is 0 Å². The third-order valence-electron chi connectivity index (χ3n) is 4.90. The number of sulfonamides is 1. The highest BCUT2D eigenvalue weighted by molar-refractivity contribution is 7.89. The number of ether oxygens (including phenoxy) is 1. The fourth-order valence-corrected chi connectivity index (χ4v) is 4.58. The number of nitrogens with zero attached hydrogens (tertiary/aromatic N) is 1. The fraction of sp³-hybridized carbons (Fsp3) is 0.579. The van der Waals surface area contributed by atoms with E-state index in [0.717, 1.165) is 5.56 Å². The van der Waals surface area contributed by atoms with Gasteiger partial charge in [0, 0.05) is 19.0 Å². The third kappa shape index (κ3) is 5.07. The Morgan fingerprint density at radius 2 is 1.70 bits per heavy atom. The highest BCUT2D eigenvalue weighted by Gasteiger charge is 2.34. The lowest BCUT2D eigenvalue weighted by atomic mass is 9.95. The first-order chi connectivity index (χ1) is 12.7. The molecule has 1 aliphatic rings. The van der Waals surface area contributed by atoms with Crippen molar-refractivity contribution in [3.05, 3.63) is 29.8 Å². The molecule has 1 heterocycles. The van der Waals surface area contributed by atoms with Crippen LogP contribution in [0.15, 0.2) is 29.2 Å². The van der Waals surface area contributed by atoms with Crippen LogP contribution in [-0.2, 0) is 24.3 Å². The van der Waals surface area contributed by atoms with Crippen LogP contribution in [0.3, 0.4) is 0 Å². The fourth-order valence-electron chi connectivity index (χ4n) is 3.11. The minimum absolute atomic E-state index is 0.0941. The quantitative estimate of drug-likeness (QED) is 0.739. The summed E-state index contributed by atoms with van der Waals surface area (Å²) >= 11 is 0. The van der Waals surface area contributed by atoms with Crippen LogP contribution < -0.4 is 5.32 Å². The molecule has 0 radical (unpaired) electrons. The van der Waals surface area contributed by atoms with E-state index in [-0.39, 0.29) is 35.7 Å². The number of hydrogen-bond donors (Lipinski definition) is 1. The van der Waals surface area contributed by atoms with E-state index >= 15 is 0 Å². The van der Waals surface area contributed by atoms with E-state index in [1.54, 1.807) is 24.3 Å². The maximum Gasteiger partial charge on any atom is 0.328 e. The summed E-state index contributed by atoms with van der Waals surface area (Å²) < 4.78 is 31.6. The molecule has 150 valence electrons. The molecule has 0 saturated carbocycles. The van der Waals surface area contributed by atoms with Crippen LogP contribution in [0, 0.1) is 18.8 Å². The predicted octanol–water partition coefficient (Wildman–Crippen LogP) is 1.71. The summed E-state index contributed by atoms with van der Waals surface area (Å²) in [6.45, 7) is 6.12. The molecule has 0 spiro atoms. The van der Waals surface area contributed by atoms with Crippen LogP contribution in [-0.4, -0.2) is 50.8 Å². The van der Waals surface area contributed by atoms with Gasteiger partial charge < -0.3 is 10.1 Å². The van der Waals surface area contributed by atoms with Gasteiger partial charge in [0.1, 0.15) is 6.04 Å². The molecule has 1 amide bonds. The zero-order valence-electron chi connectivity index (χ0n) is 16.3. The van der Waals surface area contributed by atoms with E-state index in [0.29, 0.717) is 12.8 Å². The maximum atomic E-state index is 12.7. The van der Waals surface area contributed by atoms with Crippen LogP contribution in [0.25, 0.3) is 0 Å². The Labute approximate surface area is 161 Å². The highest BCUT2D eigenvalue weighted by Crippen LogP contribution is 2.24. The zero-order chi connectivity index (χ0) is 20.2. The van der Waals surface area contributed by atoms with Crippen molar-refractivity contribution in [2.45, 2.75) is 44.6 Å². The topological polar surface area (TPSA) is 92.8 Å². The van der Waals surface area contributed by atoms with Crippen molar-refractivity contribution in [2.75, 3.05) is 20.2 Å². The monoisotopic (exact) mass is 396 g/mol. The Balaban J connectivity index is 1.99. The first-order valence-corrected chi connectivity index (χ1v) is 10.6. The molecular weight excluding hydrogens is 368 g/mol. The lowest BCUT2D eigenvalue weighted by molar-refractivity contribution is -0.147. The summed E-state index contributed by atoms with van der Waals surface area (Å²) in [6.07, 6.45) is 0.839. The Morgan fingerprint density at radius 1 is 1.15 bits per heavy atom. The average molecular weight is 397 g/mol. The Morgan fingerprint density at radius 3 is 2.19 bits per heavy atom. The van der Waals surface area contributed by atoms with Gasteiger partial charge in [-0.15, -0.1) is 0 Å². The summed E-state index contributed by atoms with van der Waals surface area (Å²) in [5.74, 6) is -1.12. The minimum Gasteiger partial charge on any atom is -0.467 e. The number of esters is 1. The number of benzene rings is 1. The Hall–Kier alpha value is -1.93. The average Bonchev–Trinajstić information content (AvgIpc) is 2.65. The molecule has 7 nitrogen and oxygen atoms in total. The molecule has 8 heteroatoms. The smallest absolute Gasteiger partial charge is 0.328 e. The van der Waals surface area contributed by atoms with Crippen LogP contribution in [0.4, 0.5) is 0 Å². The van der Waals surface area contributed by atoms with Crippen molar-refractivity contribution in [2.24, 2.45) is 11.8 Å². The van der Waals surface area contributed by atoms with Crippen molar-refractivity contribution >= 4 is 21.9 Å². The van der Waals surface area contributed by atoms with E-state index in [1.165, 1.54) is 11.4 Å². The molecule has 0 aliphatic carbocycles. The number of carbonyl (C=O) groups is 2. The lowest BCUT2D eigenvalue weighted by Crippen LogP contribution is -2.49. The van der Waals surface area contributed by atoms with Gasteiger partial charge in [-0.1, -0.05) is 31.5 Å². The van der Waals surface area contributed by atoms with Crippen molar-refractivity contribution in [1.29, 1.82) is 0 Å². The molecule has 0 unspecified atom stereocenters. The number of aryl methyl sites for hydroxylation is 1. The van der Waals surface area contributed by atoms with Gasteiger partial charge in [-0.2, -0.15) is 4.31 Å². The molecule has 1 N–H and O–H groups in total.